The normalized spacial score (nSPS) is 21.6. The van der Waals surface area contributed by atoms with E-state index < -0.39 is 53.3 Å². The Morgan fingerprint density at radius 2 is 2.10 bits per heavy atom. The molecule has 31 heavy (non-hydrogen) atoms. The van der Waals surface area contributed by atoms with Crippen molar-refractivity contribution in [2.75, 3.05) is 25.6 Å². The number of carbonyl (C=O) groups excluding carboxylic acids is 2. The van der Waals surface area contributed by atoms with Crippen LogP contribution >= 0.6 is 11.3 Å². The summed E-state index contributed by atoms with van der Waals surface area (Å²) in [6.45, 7) is 1.86. The van der Waals surface area contributed by atoms with Gasteiger partial charge in [0.2, 0.25) is 0 Å². The van der Waals surface area contributed by atoms with Gasteiger partial charge in [-0.2, -0.15) is 0 Å². The molecular weight excluding hydrogens is 438 g/mol. The van der Waals surface area contributed by atoms with Gasteiger partial charge in [0.1, 0.15) is 24.9 Å². The number of nitrogens with zero attached hydrogens (tertiary/aromatic N) is 3. The zero-order chi connectivity index (χ0) is 23.0. The molecule has 0 spiro atoms. The topological polar surface area (TPSA) is 203 Å². The van der Waals surface area contributed by atoms with Gasteiger partial charge in [-0.15, -0.1) is 11.3 Å². The summed E-state index contributed by atoms with van der Waals surface area (Å²) in [6.07, 6.45) is 0. The Morgan fingerprint density at radius 1 is 1.42 bits per heavy atom. The Morgan fingerprint density at radius 3 is 2.55 bits per heavy atom. The van der Waals surface area contributed by atoms with E-state index >= 15 is 0 Å². The third-order valence-corrected chi connectivity index (χ3v) is 5.29. The summed E-state index contributed by atoms with van der Waals surface area (Å²) in [5.74, 6) is -4.14. The summed E-state index contributed by atoms with van der Waals surface area (Å²) in [7, 11) is 0. The lowest BCUT2D eigenvalue weighted by atomic mass is 9.84. The second kappa shape index (κ2) is 8.09. The Balaban J connectivity index is 1.78. The van der Waals surface area contributed by atoms with Gasteiger partial charge >= 0.3 is 11.9 Å². The summed E-state index contributed by atoms with van der Waals surface area (Å²) < 4.78 is 4.87. The van der Waals surface area contributed by atoms with Gasteiger partial charge in [0.15, 0.2) is 17.5 Å². The lowest BCUT2D eigenvalue weighted by molar-refractivity contribution is -0.257. The third kappa shape index (κ3) is 4.14. The highest BCUT2D eigenvalue weighted by Crippen LogP contribution is 2.32. The third-order valence-electron chi connectivity index (χ3n) is 4.62. The first-order valence-corrected chi connectivity index (χ1v) is 9.64. The number of rotatable bonds is 9. The molecule has 0 aliphatic carbocycles. The molecule has 15 heteroatoms. The number of hydrogen-bond acceptors (Lipinski definition) is 11. The van der Waals surface area contributed by atoms with Crippen LogP contribution in [0.5, 0.6) is 0 Å². The Bertz CT molecular complexity index is 955. The number of nitrogen functional groups attached to an aromatic ring is 1. The van der Waals surface area contributed by atoms with Gasteiger partial charge in [0.25, 0.3) is 17.4 Å². The van der Waals surface area contributed by atoms with Crippen LogP contribution in [-0.4, -0.2) is 86.7 Å². The predicted octanol–water partition coefficient (Wildman–Crippen LogP) is -1.58. The van der Waals surface area contributed by atoms with E-state index in [2.05, 4.69) is 15.5 Å². The fraction of sp³-hybridized carbons (Fsp3) is 0.500. The summed E-state index contributed by atoms with van der Waals surface area (Å²) >= 11 is 1.02. The van der Waals surface area contributed by atoms with Crippen LogP contribution in [0.4, 0.5) is 5.13 Å². The van der Waals surface area contributed by atoms with Gasteiger partial charge in [-0.25, -0.2) is 19.6 Å². The molecule has 1 aromatic rings. The number of thiazole rings is 1. The Labute approximate surface area is 178 Å². The molecule has 14 nitrogen and oxygen atoms in total. The van der Waals surface area contributed by atoms with Crippen molar-refractivity contribution < 1.29 is 43.8 Å². The van der Waals surface area contributed by atoms with Crippen LogP contribution in [0.2, 0.25) is 0 Å². The van der Waals surface area contributed by atoms with E-state index in [4.69, 9.17) is 25.3 Å². The number of β-lactam (4-membered cyclic amide) rings is 1. The summed E-state index contributed by atoms with van der Waals surface area (Å²) in [6, 6.07) is -1.07. The van der Waals surface area contributed by atoms with Crippen molar-refractivity contribution in [2.24, 2.45) is 5.16 Å². The van der Waals surface area contributed by atoms with Crippen molar-refractivity contribution in [3.63, 3.8) is 0 Å². The number of aromatic nitrogens is 1. The van der Waals surface area contributed by atoms with E-state index in [0.717, 1.165) is 16.4 Å². The molecule has 1 aromatic heterocycles. The fourth-order valence-electron chi connectivity index (χ4n) is 2.78. The van der Waals surface area contributed by atoms with E-state index in [1.54, 1.807) is 13.8 Å². The van der Waals surface area contributed by atoms with Crippen molar-refractivity contribution in [3.05, 3.63) is 11.1 Å². The molecule has 2 aliphatic rings. The zero-order valence-electron chi connectivity index (χ0n) is 16.4. The highest BCUT2D eigenvalue weighted by molar-refractivity contribution is 7.13. The molecule has 2 aliphatic heterocycles. The van der Waals surface area contributed by atoms with E-state index in [1.807, 2.05) is 0 Å². The molecule has 5 N–H and O–H groups in total. The van der Waals surface area contributed by atoms with Crippen LogP contribution in [0.3, 0.4) is 0 Å². The Kier molecular flexibility index (Phi) is 5.84. The molecule has 3 heterocycles. The number of nitrogens with two attached hydrogens (primary N) is 1. The first kappa shape index (κ1) is 22.4. The van der Waals surface area contributed by atoms with Crippen LogP contribution in [0.25, 0.3) is 0 Å². The minimum atomic E-state index is -1.74. The maximum Gasteiger partial charge on any atom is 0.355 e. The molecular formula is C16H19N5O9S. The summed E-state index contributed by atoms with van der Waals surface area (Å²) in [5, 5.41) is 26.6. The van der Waals surface area contributed by atoms with Crippen LogP contribution in [-0.2, 0) is 33.6 Å². The van der Waals surface area contributed by atoms with Crippen molar-refractivity contribution in [3.8, 4) is 0 Å². The molecule has 0 bridgehead atoms. The van der Waals surface area contributed by atoms with Crippen molar-refractivity contribution >= 4 is 45.9 Å². The number of hydrogen-bond donors (Lipinski definition) is 4. The standard InChI is InChI=1S/C16H19N5O9S/c1-15(2)10(12(25)21(15)29-3-8(22)23)19-11(24)9(7-4-31-14(17)18-7)20-30-16(13(26)27)5-28-6-16/h4,10H,3,5-6H2,1-2H3,(H2,17,18)(H,19,24)(H,22,23)(H,26,27)/b20-9-/t10-/m1/s1. The average molecular weight is 457 g/mol. The zero-order valence-corrected chi connectivity index (χ0v) is 17.2. The van der Waals surface area contributed by atoms with Crippen molar-refractivity contribution in [2.45, 2.75) is 31.0 Å². The van der Waals surface area contributed by atoms with E-state index in [1.165, 1.54) is 5.38 Å². The predicted molar refractivity (Wildman–Crippen MR) is 102 cm³/mol. The molecule has 3 rings (SSSR count). The van der Waals surface area contributed by atoms with Gasteiger partial charge in [0, 0.05) is 5.38 Å². The lowest BCUT2D eigenvalue weighted by Crippen LogP contribution is -2.76. The Hall–Kier alpha value is -3.30. The molecule has 0 unspecified atom stereocenters. The molecule has 168 valence electrons. The SMILES string of the molecule is CC1(C)[C@H](NC(=O)/C(=N\OC2(C(=O)O)COC2)c2csc(N)n2)C(=O)N1OCC(=O)O. The van der Waals surface area contributed by atoms with Crippen LogP contribution in [0, 0.1) is 0 Å². The van der Waals surface area contributed by atoms with Gasteiger partial charge < -0.3 is 30.8 Å². The summed E-state index contributed by atoms with van der Waals surface area (Å²) in [4.78, 5) is 61.3. The van der Waals surface area contributed by atoms with Gasteiger partial charge in [0.05, 0.1) is 5.54 Å². The molecule has 0 aromatic carbocycles. The number of carboxylic acids is 2. The number of nitrogens with one attached hydrogen (secondary N) is 1. The largest absolute Gasteiger partial charge is 0.479 e. The van der Waals surface area contributed by atoms with E-state index in [9.17, 15) is 24.3 Å². The first-order chi connectivity index (χ1) is 14.5. The molecule has 1 atom stereocenters. The summed E-state index contributed by atoms with van der Waals surface area (Å²) in [5.41, 5.74) is 2.42. The molecule has 2 saturated heterocycles. The number of amides is 2. The first-order valence-electron chi connectivity index (χ1n) is 8.76. The molecule has 2 amide bonds. The number of carboxylic acid groups (broad SMARTS) is 2. The number of oxime groups is 1. The minimum absolute atomic E-state index is 0.0179. The van der Waals surface area contributed by atoms with Crippen LogP contribution in [0.1, 0.15) is 19.5 Å². The maximum absolute atomic E-state index is 12.9. The molecule has 2 fully saturated rings. The molecule has 0 saturated carbocycles. The highest BCUT2D eigenvalue weighted by atomic mass is 32.1. The number of aliphatic carboxylic acids is 2. The van der Waals surface area contributed by atoms with E-state index in [-0.39, 0.29) is 24.0 Å². The number of anilines is 1. The number of hydroxylamine groups is 2. The lowest BCUT2D eigenvalue weighted by Gasteiger charge is -2.51. The average Bonchev–Trinajstić information content (AvgIpc) is 3.06. The van der Waals surface area contributed by atoms with Gasteiger partial charge in [-0.3, -0.25) is 14.4 Å². The van der Waals surface area contributed by atoms with Crippen molar-refractivity contribution in [1.82, 2.24) is 15.4 Å². The monoisotopic (exact) mass is 457 g/mol. The minimum Gasteiger partial charge on any atom is -0.479 e. The van der Waals surface area contributed by atoms with Crippen molar-refractivity contribution in [1.29, 1.82) is 0 Å². The smallest absolute Gasteiger partial charge is 0.355 e. The number of carbonyl (C=O) groups is 4. The van der Waals surface area contributed by atoms with Gasteiger partial charge in [-0.1, -0.05) is 5.16 Å². The van der Waals surface area contributed by atoms with Crippen LogP contribution < -0.4 is 11.1 Å². The van der Waals surface area contributed by atoms with Crippen LogP contribution in [0.15, 0.2) is 10.5 Å². The fourth-order valence-corrected chi connectivity index (χ4v) is 3.33. The van der Waals surface area contributed by atoms with Gasteiger partial charge in [-0.05, 0) is 13.8 Å². The number of ether oxygens (including phenoxy) is 1. The second-order valence-corrected chi connectivity index (χ2v) is 8.14. The maximum atomic E-state index is 12.9. The molecule has 0 radical (unpaired) electrons. The highest BCUT2D eigenvalue weighted by Gasteiger charge is 2.57. The van der Waals surface area contributed by atoms with E-state index in [0.29, 0.717) is 0 Å². The quantitative estimate of drug-likeness (QED) is 0.189. The second-order valence-electron chi connectivity index (χ2n) is 7.25.